The molecule has 0 aliphatic rings. The fraction of sp³-hybridized carbons (Fsp3) is 0. The molecule has 0 radical (unpaired) electrons. The van der Waals surface area contributed by atoms with E-state index in [4.69, 9.17) is 0 Å². The Labute approximate surface area is 91.7 Å². The maximum atomic E-state index is 0. The summed E-state index contributed by atoms with van der Waals surface area (Å²) >= 11 is 0. The Morgan fingerprint density at radius 3 is 1.00 bits per heavy atom. The van der Waals surface area contributed by atoms with Gasteiger partial charge in [-0.05, 0) is 0 Å². The molecule has 1 nitrogen and oxygen atoms in total. The molecule has 0 heterocycles. The van der Waals surface area contributed by atoms with Crippen LogP contribution in [0.4, 0.5) is 0 Å². The summed E-state index contributed by atoms with van der Waals surface area (Å²) in [5, 5.41) is 0. The van der Waals surface area contributed by atoms with Crippen LogP contribution in [-0.2, 0) is 0 Å². The third-order valence-electron chi connectivity index (χ3n) is 0. The number of hydrogen-bond acceptors (Lipinski definition) is 0. The molecule has 0 saturated carbocycles. The summed E-state index contributed by atoms with van der Waals surface area (Å²) < 4.78 is 0. The molecule has 0 amide bonds. The minimum atomic E-state index is 0. The first kappa shape index (κ1) is 28.9. The molecule has 0 aromatic rings. The van der Waals surface area contributed by atoms with Crippen molar-refractivity contribution in [3.05, 3.63) is 0 Å². The van der Waals surface area contributed by atoms with Crippen LogP contribution in [0.25, 0.3) is 0 Å². The summed E-state index contributed by atoms with van der Waals surface area (Å²) in [4.78, 5) is 0. The van der Waals surface area contributed by atoms with Gasteiger partial charge in [0.05, 0.1) is 0 Å². The molecule has 0 rings (SSSR count). The Hall–Kier alpha value is 2.84. The van der Waals surface area contributed by atoms with Crippen LogP contribution in [-0.4, -0.2) is 93.8 Å². The Balaban J connectivity index is 0. The van der Waals surface area contributed by atoms with Gasteiger partial charge in [0.25, 0.3) is 0 Å². The van der Waals surface area contributed by atoms with Gasteiger partial charge in [0.1, 0.15) is 0 Å². The second-order valence-corrected chi connectivity index (χ2v) is 0. The third-order valence-corrected chi connectivity index (χ3v) is 0. The molecule has 0 atom stereocenters. The van der Waals surface area contributed by atoms with Gasteiger partial charge in [0.15, 0.2) is 0 Å². The van der Waals surface area contributed by atoms with Gasteiger partial charge in [-0.3, -0.25) is 0 Å². The van der Waals surface area contributed by atoms with Gasteiger partial charge in [-0.2, -0.15) is 0 Å². The maximum absolute atomic E-state index is 0. The van der Waals surface area contributed by atoms with E-state index in [0.29, 0.717) is 0 Å². The van der Waals surface area contributed by atoms with E-state index in [1.54, 1.807) is 0 Å². The van der Waals surface area contributed by atoms with Gasteiger partial charge in [0.2, 0.25) is 0 Å². The number of rotatable bonds is 0. The Morgan fingerprint density at radius 1 is 1.00 bits per heavy atom. The molecular weight excluding hydrogens is 198 g/mol. The molecule has 0 aromatic heterocycles. The van der Waals surface area contributed by atoms with Crippen molar-refractivity contribution in [2.75, 3.05) is 0 Å². The molecule has 0 spiro atoms. The molecule has 0 bridgehead atoms. The quantitative estimate of drug-likeness (QED) is 0.364. The van der Waals surface area contributed by atoms with Gasteiger partial charge in [-0.1, -0.05) is 0 Å². The van der Waals surface area contributed by atoms with Crippen molar-refractivity contribution < 1.29 is 5.48 Å². The van der Waals surface area contributed by atoms with Gasteiger partial charge >= 0.3 is 88.3 Å². The monoisotopic (exact) mass is 206 g/mol. The zero-order valence-corrected chi connectivity index (χ0v) is 0.500. The SMILES string of the molecule is O.[GaH3].[MgH2].[SrH2]. The van der Waals surface area contributed by atoms with Crippen molar-refractivity contribution in [2.24, 2.45) is 0 Å². The van der Waals surface area contributed by atoms with E-state index in [2.05, 4.69) is 0 Å². The van der Waals surface area contributed by atoms with Gasteiger partial charge in [0, 0.05) is 0 Å². The first-order chi connectivity index (χ1) is 0. The molecule has 4 heteroatoms. The van der Waals surface area contributed by atoms with Crippen molar-refractivity contribution in [1.29, 1.82) is 0 Å². The molecule has 22 valence electrons. The van der Waals surface area contributed by atoms with E-state index in [1.807, 2.05) is 0 Å². The van der Waals surface area contributed by atoms with Crippen LogP contribution >= 0.6 is 0 Å². The van der Waals surface area contributed by atoms with Crippen molar-refractivity contribution in [1.82, 2.24) is 0 Å². The van der Waals surface area contributed by atoms with Gasteiger partial charge in [-0.15, -0.1) is 0 Å². The van der Waals surface area contributed by atoms with Crippen molar-refractivity contribution in [2.45, 2.75) is 0 Å². The van der Waals surface area contributed by atoms with Crippen LogP contribution in [0.15, 0.2) is 0 Å². The molecule has 0 aliphatic carbocycles. The summed E-state index contributed by atoms with van der Waals surface area (Å²) in [5.74, 6) is 0. The molecule has 4 heavy (non-hydrogen) atoms. The van der Waals surface area contributed by atoms with Gasteiger partial charge < -0.3 is 5.48 Å². The summed E-state index contributed by atoms with van der Waals surface area (Å²) in [6.07, 6.45) is 0. The van der Waals surface area contributed by atoms with Gasteiger partial charge in [-0.25, -0.2) is 0 Å². The average Bonchev–Trinajstić information content (AvgIpc) is 0. The number of hydrogen-bond donors (Lipinski definition) is 0. The first-order valence-electron chi connectivity index (χ1n) is 0. The van der Waals surface area contributed by atoms with Crippen molar-refractivity contribution >= 4 is 88.3 Å². The summed E-state index contributed by atoms with van der Waals surface area (Å²) in [6, 6.07) is 0. The fourth-order valence-electron chi connectivity index (χ4n) is 0. The zero-order chi connectivity index (χ0) is 0. The second kappa shape index (κ2) is 17.0. The van der Waals surface area contributed by atoms with Crippen molar-refractivity contribution in [3.63, 3.8) is 0 Å². The van der Waals surface area contributed by atoms with E-state index in [1.165, 1.54) is 0 Å². The molecule has 0 fully saturated rings. The molecule has 0 aromatic carbocycles. The van der Waals surface area contributed by atoms with Crippen LogP contribution in [0.2, 0.25) is 0 Å². The topological polar surface area (TPSA) is 31.5 Å². The van der Waals surface area contributed by atoms with E-state index in [0.717, 1.165) is 0 Å². The Morgan fingerprint density at radius 2 is 1.00 bits per heavy atom. The average molecular weight is 207 g/mol. The van der Waals surface area contributed by atoms with Crippen LogP contribution in [0.3, 0.4) is 0 Å². The normalized spacial score (nSPS) is 0. The van der Waals surface area contributed by atoms with E-state index in [-0.39, 0.29) is 93.8 Å². The van der Waals surface area contributed by atoms with E-state index >= 15 is 0 Å². The van der Waals surface area contributed by atoms with E-state index in [9.17, 15) is 0 Å². The summed E-state index contributed by atoms with van der Waals surface area (Å²) in [7, 11) is 0. The summed E-state index contributed by atoms with van der Waals surface area (Å²) in [6.45, 7) is 0. The predicted octanol–water partition coefficient (Wildman–Crippen LogP) is -3.84. The second-order valence-electron chi connectivity index (χ2n) is 0. The molecule has 2 N–H and O–H groups in total. The van der Waals surface area contributed by atoms with Crippen LogP contribution < -0.4 is 0 Å². The fourth-order valence-corrected chi connectivity index (χ4v) is 0. The predicted molar refractivity (Wildman–Crippen MR) is 30.6 cm³/mol. The Kier molecular flexibility index (Phi) is 123. The molecule has 0 unspecified atom stereocenters. The third kappa shape index (κ3) is 8.85. The molecule has 0 saturated heterocycles. The minimum absolute atomic E-state index is 0. The zero-order valence-electron chi connectivity index (χ0n) is 0.500. The van der Waals surface area contributed by atoms with Crippen LogP contribution in [0, 0.1) is 0 Å². The van der Waals surface area contributed by atoms with Crippen LogP contribution in [0.1, 0.15) is 0 Å². The Bertz CT molecular complexity index is 8.00. The van der Waals surface area contributed by atoms with E-state index < -0.39 is 0 Å². The molecular formula is H9GaMgOSr. The molecule has 0 aliphatic heterocycles. The van der Waals surface area contributed by atoms with Crippen LogP contribution in [0.5, 0.6) is 0 Å². The van der Waals surface area contributed by atoms with Crippen molar-refractivity contribution in [3.8, 4) is 0 Å². The standard InChI is InChI=1S/Ga.Mg.H2O.Sr.7H/h;;1H2;;;;;;;;. The first-order valence-corrected chi connectivity index (χ1v) is 0. The summed E-state index contributed by atoms with van der Waals surface area (Å²) in [5.41, 5.74) is 0.